The second-order valence-corrected chi connectivity index (χ2v) is 9.29. The van der Waals surface area contributed by atoms with Gasteiger partial charge in [0, 0.05) is 12.0 Å². The lowest BCUT2D eigenvalue weighted by atomic mass is 9.60. The number of aromatic hydroxyl groups is 1. The number of nitriles is 1. The molecule has 0 spiro atoms. The summed E-state index contributed by atoms with van der Waals surface area (Å²) in [5.74, 6) is -8.90. The van der Waals surface area contributed by atoms with E-state index in [4.69, 9.17) is 11.0 Å². The first-order valence-electron chi connectivity index (χ1n) is 11.1. The van der Waals surface area contributed by atoms with Gasteiger partial charge in [-0.25, -0.2) is 0 Å². The second-order valence-electron chi connectivity index (χ2n) is 9.29. The number of Topliss-reactive ketones (excluding diaryl/α,β-unsaturated/α-hetero) is 1. The lowest BCUT2D eigenvalue weighted by Crippen LogP contribution is -2.54. The Morgan fingerprint density at radius 2 is 1.74 bits per heavy atom. The fourth-order valence-electron chi connectivity index (χ4n) is 5.95. The van der Waals surface area contributed by atoms with Crippen LogP contribution in [0.5, 0.6) is 5.75 Å². The van der Waals surface area contributed by atoms with Crippen molar-refractivity contribution in [3.8, 4) is 22.9 Å². The number of aliphatic hydroxyl groups is 4. The highest BCUT2D eigenvalue weighted by atomic mass is 16.5. The van der Waals surface area contributed by atoms with Crippen LogP contribution in [0.25, 0.3) is 11.1 Å². The van der Waals surface area contributed by atoms with Crippen molar-refractivity contribution in [2.45, 2.75) is 25.0 Å². The van der Waals surface area contributed by atoms with Crippen molar-refractivity contribution in [3.05, 3.63) is 75.8 Å². The minimum Gasteiger partial charge on any atom is -0.512 e. The Labute approximate surface area is 199 Å². The van der Waals surface area contributed by atoms with Gasteiger partial charge in [0.05, 0.1) is 23.1 Å². The van der Waals surface area contributed by atoms with E-state index in [-0.39, 0.29) is 36.1 Å². The summed E-state index contributed by atoms with van der Waals surface area (Å²) in [6.07, 6.45) is 0.365. The minimum absolute atomic E-state index is 0.00825. The van der Waals surface area contributed by atoms with Gasteiger partial charge in [-0.15, -0.1) is 0 Å². The summed E-state index contributed by atoms with van der Waals surface area (Å²) in [4.78, 5) is 25.4. The summed E-state index contributed by atoms with van der Waals surface area (Å²) in [5.41, 5.74) is 6.88. The highest BCUT2D eigenvalue weighted by molar-refractivity contribution is 6.14. The third-order valence-corrected chi connectivity index (χ3v) is 7.37. The lowest BCUT2D eigenvalue weighted by Gasteiger charge is -2.46. The third-order valence-electron chi connectivity index (χ3n) is 7.37. The van der Waals surface area contributed by atoms with E-state index < -0.39 is 52.3 Å². The van der Waals surface area contributed by atoms with Crippen LogP contribution in [0, 0.1) is 29.1 Å². The number of hydrogen-bond donors (Lipinski definition) is 6. The average molecular weight is 474 g/mol. The highest BCUT2D eigenvalue weighted by Crippen LogP contribution is 2.53. The first-order valence-corrected chi connectivity index (χ1v) is 11.1. The minimum atomic E-state index is -2.96. The Balaban J connectivity index is 1.65. The van der Waals surface area contributed by atoms with Gasteiger partial charge in [-0.3, -0.25) is 9.59 Å². The quantitative estimate of drug-likeness (QED) is 0.357. The number of carbonyl (C=O) groups is 2. The van der Waals surface area contributed by atoms with Gasteiger partial charge in [0.1, 0.15) is 22.8 Å². The van der Waals surface area contributed by atoms with Crippen LogP contribution >= 0.6 is 0 Å². The van der Waals surface area contributed by atoms with Gasteiger partial charge < -0.3 is 31.3 Å². The molecule has 3 aliphatic rings. The molecule has 2 aromatic carbocycles. The van der Waals surface area contributed by atoms with Crippen LogP contribution in [0.1, 0.15) is 34.3 Å². The summed E-state index contributed by atoms with van der Waals surface area (Å²) in [5, 5.41) is 62.6. The van der Waals surface area contributed by atoms with E-state index in [1.807, 2.05) is 0 Å². The maximum absolute atomic E-state index is 13.6. The zero-order chi connectivity index (χ0) is 25.2. The number of phenolic OH excluding ortho intramolecular Hbond substituents is 1. The van der Waals surface area contributed by atoms with Crippen LogP contribution in [-0.4, -0.2) is 43.0 Å². The molecule has 178 valence electrons. The molecule has 0 aromatic heterocycles. The van der Waals surface area contributed by atoms with Gasteiger partial charge >= 0.3 is 0 Å². The molecule has 3 aliphatic carbocycles. The van der Waals surface area contributed by atoms with Crippen LogP contribution < -0.4 is 5.73 Å². The molecule has 2 aromatic rings. The molecule has 0 bridgehead atoms. The molecule has 1 amide bonds. The maximum Gasteiger partial charge on any atom is 0.253 e. The summed E-state index contributed by atoms with van der Waals surface area (Å²) < 4.78 is 0. The first kappa shape index (κ1) is 22.7. The Bertz CT molecular complexity index is 1400. The Morgan fingerprint density at radius 3 is 2.37 bits per heavy atom. The number of phenols is 1. The SMILES string of the molecule is N#Cc1ccc(-c2ccc(O)c3c2CC2CC4CC(O)=C(C(N)=O)C(O)(O)C4C(O)=C2C3=O)cc1. The number of amides is 1. The fraction of sp³-hybridized carbons (Fsp3) is 0.269. The summed E-state index contributed by atoms with van der Waals surface area (Å²) in [6, 6.07) is 11.9. The number of aliphatic hydroxyl groups excluding tert-OH is 2. The normalized spacial score (nSPS) is 24.8. The van der Waals surface area contributed by atoms with E-state index in [2.05, 4.69) is 6.07 Å². The van der Waals surface area contributed by atoms with Gasteiger partial charge in [-0.05, 0) is 59.6 Å². The predicted molar refractivity (Wildman–Crippen MR) is 122 cm³/mol. The number of ketones is 1. The van der Waals surface area contributed by atoms with Gasteiger partial charge in [-0.2, -0.15) is 5.26 Å². The van der Waals surface area contributed by atoms with E-state index in [0.29, 0.717) is 16.7 Å². The molecule has 0 aliphatic heterocycles. The van der Waals surface area contributed by atoms with Gasteiger partial charge in [0.15, 0.2) is 5.78 Å². The Morgan fingerprint density at radius 1 is 1.06 bits per heavy atom. The molecule has 35 heavy (non-hydrogen) atoms. The topological polar surface area (TPSA) is 185 Å². The maximum atomic E-state index is 13.6. The molecule has 3 unspecified atom stereocenters. The van der Waals surface area contributed by atoms with E-state index in [1.165, 1.54) is 6.07 Å². The van der Waals surface area contributed by atoms with Gasteiger partial charge in [0.25, 0.3) is 5.91 Å². The van der Waals surface area contributed by atoms with Crippen molar-refractivity contribution in [1.82, 2.24) is 0 Å². The lowest BCUT2D eigenvalue weighted by molar-refractivity contribution is -0.194. The molecule has 0 fully saturated rings. The molecule has 7 N–H and O–H groups in total. The van der Waals surface area contributed by atoms with Crippen molar-refractivity contribution in [2.24, 2.45) is 23.5 Å². The molecular weight excluding hydrogens is 452 g/mol. The Hall–Kier alpha value is -4.13. The van der Waals surface area contributed by atoms with Crippen LogP contribution in [0.3, 0.4) is 0 Å². The number of rotatable bonds is 2. The van der Waals surface area contributed by atoms with Gasteiger partial charge in [0.2, 0.25) is 5.79 Å². The van der Waals surface area contributed by atoms with Crippen LogP contribution in [0.15, 0.2) is 59.1 Å². The zero-order valence-electron chi connectivity index (χ0n) is 18.4. The second kappa shape index (κ2) is 7.70. The van der Waals surface area contributed by atoms with E-state index >= 15 is 0 Å². The zero-order valence-corrected chi connectivity index (χ0v) is 18.4. The first-order chi connectivity index (χ1) is 16.6. The molecule has 0 saturated heterocycles. The van der Waals surface area contributed by atoms with Crippen molar-refractivity contribution in [3.63, 3.8) is 0 Å². The third kappa shape index (κ3) is 3.22. The largest absolute Gasteiger partial charge is 0.512 e. The van der Waals surface area contributed by atoms with Gasteiger partial charge in [-0.1, -0.05) is 18.2 Å². The molecule has 3 atom stereocenters. The number of hydrogen-bond acceptors (Lipinski definition) is 8. The van der Waals surface area contributed by atoms with Crippen molar-refractivity contribution in [2.75, 3.05) is 0 Å². The smallest absolute Gasteiger partial charge is 0.253 e. The number of fused-ring (bicyclic) bond motifs is 3. The number of primary amides is 1. The van der Waals surface area contributed by atoms with E-state index in [1.54, 1.807) is 30.3 Å². The molecule has 0 radical (unpaired) electrons. The van der Waals surface area contributed by atoms with Crippen LogP contribution in [0.2, 0.25) is 0 Å². The highest BCUT2D eigenvalue weighted by Gasteiger charge is 2.57. The Kier molecular flexibility index (Phi) is 4.98. The van der Waals surface area contributed by atoms with Crippen molar-refractivity contribution < 1.29 is 35.1 Å². The van der Waals surface area contributed by atoms with Crippen molar-refractivity contribution in [1.29, 1.82) is 5.26 Å². The molecule has 9 heteroatoms. The number of allylic oxidation sites excluding steroid dienone is 2. The standard InChI is InChI=1S/C26H22N2O7/c27-10-11-1-3-12(4-2-11)15-5-6-17(29)20-16(15)8-13-7-14-9-18(30)22(25(28)33)26(34,35)21(14)24(32)19(13)23(20)31/h1-6,13-14,21,29-30,32,34-35H,7-9H2,(H2,28,33). The molecule has 0 heterocycles. The summed E-state index contributed by atoms with van der Waals surface area (Å²) >= 11 is 0. The summed E-state index contributed by atoms with van der Waals surface area (Å²) in [7, 11) is 0. The predicted octanol–water partition coefficient (Wildman–Crippen LogP) is 2.12. The van der Waals surface area contributed by atoms with Crippen LogP contribution in [0.4, 0.5) is 0 Å². The van der Waals surface area contributed by atoms with Crippen molar-refractivity contribution >= 4 is 11.7 Å². The number of nitrogens with zero attached hydrogens (tertiary/aromatic N) is 1. The van der Waals surface area contributed by atoms with E-state index in [9.17, 15) is 35.1 Å². The number of nitrogens with two attached hydrogens (primary N) is 1. The molecule has 9 nitrogen and oxygen atoms in total. The molecule has 5 rings (SSSR count). The number of carbonyl (C=O) groups excluding carboxylic acids is 2. The molecule has 0 saturated carbocycles. The monoisotopic (exact) mass is 474 g/mol. The number of benzene rings is 2. The summed E-state index contributed by atoms with van der Waals surface area (Å²) in [6.45, 7) is 0. The van der Waals surface area contributed by atoms with Crippen LogP contribution in [-0.2, 0) is 11.2 Å². The fourth-order valence-corrected chi connectivity index (χ4v) is 5.95. The molecular formula is C26H22N2O7. The average Bonchev–Trinajstić information content (AvgIpc) is 2.78. The van der Waals surface area contributed by atoms with E-state index in [0.717, 1.165) is 5.56 Å².